The van der Waals surface area contributed by atoms with E-state index in [9.17, 15) is 0 Å². The number of ether oxygens (including phenoxy) is 1. The van der Waals surface area contributed by atoms with Gasteiger partial charge in [-0.25, -0.2) is 0 Å². The van der Waals surface area contributed by atoms with Gasteiger partial charge in [0.25, 0.3) is 0 Å². The number of benzene rings is 1. The van der Waals surface area contributed by atoms with Gasteiger partial charge >= 0.3 is 0 Å². The molecule has 1 aliphatic carbocycles. The highest BCUT2D eigenvalue weighted by Crippen LogP contribution is 2.37. The molecular weight excluding hydrogens is 250 g/mol. The average molecular weight is 268 g/mol. The van der Waals surface area contributed by atoms with Gasteiger partial charge in [0.15, 0.2) is 0 Å². The SMILES string of the molecule is COc1ccc2c(c1)CCC(C(N)CCO)=C2Cl. The fraction of sp³-hybridized carbons (Fsp3) is 0.429. The molecule has 0 heterocycles. The molecule has 4 heteroatoms. The summed E-state index contributed by atoms with van der Waals surface area (Å²) in [7, 11) is 1.66. The third kappa shape index (κ3) is 2.53. The summed E-state index contributed by atoms with van der Waals surface area (Å²) in [6.45, 7) is 0.0876. The van der Waals surface area contributed by atoms with Crippen molar-refractivity contribution in [2.75, 3.05) is 13.7 Å². The normalized spacial score (nSPS) is 16.4. The number of fused-ring (bicyclic) bond motifs is 1. The van der Waals surface area contributed by atoms with Gasteiger partial charge in [-0.1, -0.05) is 11.6 Å². The number of methoxy groups -OCH3 is 1. The Morgan fingerprint density at radius 2 is 2.22 bits per heavy atom. The Balaban J connectivity index is 2.35. The maximum atomic E-state index is 8.95. The Morgan fingerprint density at radius 1 is 1.44 bits per heavy atom. The van der Waals surface area contributed by atoms with Crippen LogP contribution in [0.1, 0.15) is 24.0 Å². The van der Waals surface area contributed by atoms with Crippen molar-refractivity contribution in [3.8, 4) is 5.75 Å². The van der Waals surface area contributed by atoms with Crippen LogP contribution in [0, 0.1) is 0 Å². The third-order valence-corrected chi connectivity index (χ3v) is 3.83. The molecule has 0 saturated carbocycles. The van der Waals surface area contributed by atoms with Gasteiger partial charge in [-0.3, -0.25) is 0 Å². The van der Waals surface area contributed by atoms with Gasteiger partial charge in [-0.05, 0) is 54.2 Å². The van der Waals surface area contributed by atoms with Gasteiger partial charge in [-0.2, -0.15) is 0 Å². The van der Waals surface area contributed by atoms with E-state index in [1.807, 2.05) is 18.2 Å². The van der Waals surface area contributed by atoms with Crippen molar-refractivity contribution >= 4 is 16.6 Å². The van der Waals surface area contributed by atoms with E-state index in [1.165, 1.54) is 5.56 Å². The number of aliphatic hydroxyl groups excluding tert-OH is 1. The molecule has 0 aromatic heterocycles. The van der Waals surface area contributed by atoms with Crippen LogP contribution >= 0.6 is 11.6 Å². The quantitative estimate of drug-likeness (QED) is 0.880. The van der Waals surface area contributed by atoms with Crippen LogP contribution in [0.5, 0.6) is 5.75 Å². The van der Waals surface area contributed by atoms with E-state index in [2.05, 4.69) is 0 Å². The second-order valence-corrected chi connectivity index (χ2v) is 4.86. The smallest absolute Gasteiger partial charge is 0.119 e. The Labute approximate surface area is 112 Å². The van der Waals surface area contributed by atoms with Crippen molar-refractivity contribution < 1.29 is 9.84 Å². The predicted octanol–water partition coefficient (Wildman–Crippen LogP) is 2.30. The fourth-order valence-corrected chi connectivity index (χ4v) is 2.75. The van der Waals surface area contributed by atoms with E-state index < -0.39 is 0 Å². The van der Waals surface area contributed by atoms with E-state index in [0.29, 0.717) is 6.42 Å². The molecule has 1 aromatic carbocycles. The summed E-state index contributed by atoms with van der Waals surface area (Å²) in [5.74, 6) is 0.848. The van der Waals surface area contributed by atoms with Gasteiger partial charge in [0.2, 0.25) is 0 Å². The Bertz CT molecular complexity index is 471. The summed E-state index contributed by atoms with van der Waals surface area (Å²) in [4.78, 5) is 0. The van der Waals surface area contributed by atoms with E-state index in [1.54, 1.807) is 7.11 Å². The highest BCUT2D eigenvalue weighted by atomic mass is 35.5. The van der Waals surface area contributed by atoms with Crippen molar-refractivity contribution in [3.63, 3.8) is 0 Å². The summed E-state index contributed by atoms with van der Waals surface area (Å²) >= 11 is 6.42. The number of hydrogen-bond donors (Lipinski definition) is 2. The number of nitrogens with two attached hydrogens (primary N) is 1. The third-order valence-electron chi connectivity index (χ3n) is 3.38. The van der Waals surface area contributed by atoms with Gasteiger partial charge in [0.1, 0.15) is 5.75 Å². The molecule has 0 radical (unpaired) electrons. The molecule has 0 fully saturated rings. The second kappa shape index (κ2) is 5.74. The molecule has 3 nitrogen and oxygen atoms in total. The average Bonchev–Trinajstić information content (AvgIpc) is 2.38. The second-order valence-electron chi connectivity index (χ2n) is 4.48. The molecule has 18 heavy (non-hydrogen) atoms. The maximum Gasteiger partial charge on any atom is 0.119 e. The Kier molecular flexibility index (Phi) is 4.27. The number of aryl methyl sites for hydroxylation is 1. The lowest BCUT2D eigenvalue weighted by Gasteiger charge is -2.24. The minimum absolute atomic E-state index is 0.0876. The van der Waals surface area contributed by atoms with E-state index in [0.717, 1.165) is 34.8 Å². The zero-order valence-corrected chi connectivity index (χ0v) is 11.2. The van der Waals surface area contributed by atoms with Crippen LogP contribution in [0.25, 0.3) is 5.03 Å². The summed E-state index contributed by atoms with van der Waals surface area (Å²) in [6.07, 6.45) is 2.31. The van der Waals surface area contributed by atoms with Crippen molar-refractivity contribution in [1.29, 1.82) is 0 Å². The first kappa shape index (κ1) is 13.4. The molecule has 98 valence electrons. The minimum Gasteiger partial charge on any atom is -0.497 e. The molecule has 0 saturated heterocycles. The fourth-order valence-electron chi connectivity index (χ4n) is 2.33. The van der Waals surface area contributed by atoms with E-state index >= 15 is 0 Å². The zero-order valence-electron chi connectivity index (χ0n) is 10.4. The molecule has 0 amide bonds. The molecule has 1 aliphatic rings. The van der Waals surface area contributed by atoms with Crippen LogP contribution in [-0.2, 0) is 6.42 Å². The summed E-state index contributed by atoms with van der Waals surface area (Å²) in [5, 5.41) is 9.69. The number of rotatable bonds is 4. The number of halogens is 1. The molecule has 0 aliphatic heterocycles. The van der Waals surface area contributed by atoms with E-state index in [-0.39, 0.29) is 12.6 Å². The van der Waals surface area contributed by atoms with Crippen molar-refractivity contribution in [1.82, 2.24) is 0 Å². The van der Waals surface area contributed by atoms with Crippen LogP contribution in [0.3, 0.4) is 0 Å². The Hall–Kier alpha value is -1.03. The van der Waals surface area contributed by atoms with E-state index in [4.69, 9.17) is 27.2 Å². The summed E-state index contributed by atoms with van der Waals surface area (Å²) < 4.78 is 5.21. The van der Waals surface area contributed by atoms with Crippen LogP contribution in [0.2, 0.25) is 0 Å². The minimum atomic E-state index is -0.155. The van der Waals surface area contributed by atoms with Gasteiger partial charge in [0.05, 0.1) is 7.11 Å². The van der Waals surface area contributed by atoms with Crippen LogP contribution < -0.4 is 10.5 Å². The highest BCUT2D eigenvalue weighted by Gasteiger charge is 2.21. The largest absolute Gasteiger partial charge is 0.497 e. The lowest BCUT2D eigenvalue weighted by molar-refractivity contribution is 0.280. The zero-order chi connectivity index (χ0) is 13.1. The lowest BCUT2D eigenvalue weighted by Crippen LogP contribution is -2.26. The van der Waals surface area contributed by atoms with Crippen LogP contribution in [0.15, 0.2) is 23.8 Å². The maximum absolute atomic E-state index is 8.95. The first-order valence-electron chi connectivity index (χ1n) is 6.09. The van der Waals surface area contributed by atoms with Gasteiger partial charge < -0.3 is 15.6 Å². The first-order chi connectivity index (χ1) is 8.67. The molecule has 1 aromatic rings. The molecule has 3 N–H and O–H groups in total. The molecule has 2 rings (SSSR count). The Morgan fingerprint density at radius 3 is 2.89 bits per heavy atom. The highest BCUT2D eigenvalue weighted by molar-refractivity contribution is 6.49. The predicted molar refractivity (Wildman–Crippen MR) is 73.8 cm³/mol. The monoisotopic (exact) mass is 267 g/mol. The van der Waals surface area contributed by atoms with Crippen LogP contribution in [-0.4, -0.2) is 24.9 Å². The van der Waals surface area contributed by atoms with Crippen molar-refractivity contribution in [3.05, 3.63) is 34.9 Å². The summed E-state index contributed by atoms with van der Waals surface area (Å²) in [5.41, 5.74) is 9.31. The number of aliphatic hydroxyl groups is 1. The molecule has 1 unspecified atom stereocenters. The summed E-state index contributed by atoms with van der Waals surface area (Å²) in [6, 6.07) is 5.74. The van der Waals surface area contributed by atoms with Crippen molar-refractivity contribution in [2.24, 2.45) is 5.73 Å². The first-order valence-corrected chi connectivity index (χ1v) is 6.47. The van der Waals surface area contributed by atoms with Gasteiger partial charge in [0, 0.05) is 17.7 Å². The van der Waals surface area contributed by atoms with Crippen LogP contribution in [0.4, 0.5) is 0 Å². The molecule has 0 bridgehead atoms. The topological polar surface area (TPSA) is 55.5 Å². The molecule has 1 atom stereocenters. The van der Waals surface area contributed by atoms with Gasteiger partial charge in [-0.15, -0.1) is 0 Å². The number of hydrogen-bond acceptors (Lipinski definition) is 3. The lowest BCUT2D eigenvalue weighted by atomic mass is 9.87. The molecular formula is C14H18ClNO2. The van der Waals surface area contributed by atoms with Crippen molar-refractivity contribution in [2.45, 2.75) is 25.3 Å². The molecule has 0 spiro atoms. The standard InChI is InChI=1S/C14H18ClNO2/c1-18-10-3-5-11-9(8-10)2-4-12(14(11)15)13(16)6-7-17/h3,5,8,13,17H,2,4,6-7,16H2,1H3.